The van der Waals surface area contributed by atoms with Crippen molar-refractivity contribution in [2.45, 2.75) is 13.0 Å². The third-order valence-electron chi connectivity index (χ3n) is 2.87. The molecule has 0 fully saturated rings. The number of hydrazine groups is 1. The molecule has 0 radical (unpaired) electrons. The van der Waals surface area contributed by atoms with Crippen LogP contribution in [0.1, 0.15) is 28.9 Å². The van der Waals surface area contributed by atoms with Crippen molar-refractivity contribution in [3.05, 3.63) is 65.7 Å². The summed E-state index contributed by atoms with van der Waals surface area (Å²) in [6, 6.07) is 16.6. The second-order valence-corrected chi connectivity index (χ2v) is 4.35. The van der Waals surface area contributed by atoms with Gasteiger partial charge in [-0.15, -0.1) is 0 Å². The monoisotopic (exact) mass is 255 g/mol. The van der Waals surface area contributed by atoms with Crippen LogP contribution in [0.4, 0.5) is 5.69 Å². The van der Waals surface area contributed by atoms with Crippen LogP contribution in [0.5, 0.6) is 0 Å². The van der Waals surface area contributed by atoms with Gasteiger partial charge in [0, 0.05) is 17.3 Å². The Morgan fingerprint density at radius 2 is 1.68 bits per heavy atom. The molecule has 19 heavy (non-hydrogen) atoms. The van der Waals surface area contributed by atoms with Gasteiger partial charge in [0.15, 0.2) is 0 Å². The highest BCUT2D eigenvalue weighted by Crippen LogP contribution is 2.13. The number of carbonyl (C=O) groups excluding carboxylic acids is 1. The average Bonchev–Trinajstić information content (AvgIpc) is 2.46. The highest BCUT2D eigenvalue weighted by Gasteiger charge is 2.07. The third kappa shape index (κ3) is 3.56. The van der Waals surface area contributed by atoms with Gasteiger partial charge in [-0.05, 0) is 36.8 Å². The predicted octanol–water partition coefficient (Wildman–Crippen LogP) is 2.26. The van der Waals surface area contributed by atoms with Crippen LogP contribution >= 0.6 is 0 Å². The van der Waals surface area contributed by atoms with Crippen molar-refractivity contribution < 1.29 is 4.79 Å². The normalized spacial score (nSPS) is 11.8. The Morgan fingerprint density at radius 3 is 2.32 bits per heavy atom. The minimum absolute atomic E-state index is 0.00765. The summed E-state index contributed by atoms with van der Waals surface area (Å²) in [7, 11) is 0. The van der Waals surface area contributed by atoms with E-state index in [2.05, 4.69) is 10.9 Å². The quantitative estimate of drug-likeness (QED) is 0.580. The number of nitrogens with two attached hydrogens (primary N) is 1. The zero-order valence-corrected chi connectivity index (χ0v) is 10.8. The first kappa shape index (κ1) is 13.1. The van der Waals surface area contributed by atoms with Crippen molar-refractivity contribution in [2.24, 2.45) is 0 Å². The van der Waals surface area contributed by atoms with Crippen molar-refractivity contribution in [2.75, 3.05) is 5.73 Å². The summed E-state index contributed by atoms with van der Waals surface area (Å²) in [4.78, 5) is 11.8. The molecule has 0 aliphatic rings. The first-order valence-corrected chi connectivity index (χ1v) is 6.13. The van der Waals surface area contributed by atoms with E-state index < -0.39 is 0 Å². The molecule has 0 heterocycles. The first-order chi connectivity index (χ1) is 9.16. The largest absolute Gasteiger partial charge is 0.399 e. The number of amides is 1. The summed E-state index contributed by atoms with van der Waals surface area (Å²) in [5.74, 6) is -0.150. The molecule has 2 aromatic rings. The molecule has 0 aromatic heterocycles. The number of carbonyl (C=O) groups is 1. The second-order valence-electron chi connectivity index (χ2n) is 4.35. The van der Waals surface area contributed by atoms with Crippen LogP contribution in [-0.4, -0.2) is 5.91 Å². The number of nitrogens with one attached hydrogen (secondary N) is 2. The van der Waals surface area contributed by atoms with Crippen LogP contribution in [0.2, 0.25) is 0 Å². The Balaban J connectivity index is 1.92. The summed E-state index contributed by atoms with van der Waals surface area (Å²) in [6.45, 7) is 1.97. The number of hydrogen-bond acceptors (Lipinski definition) is 3. The number of hydrogen-bond donors (Lipinski definition) is 3. The van der Waals surface area contributed by atoms with Crippen LogP contribution in [0.15, 0.2) is 54.6 Å². The summed E-state index contributed by atoms with van der Waals surface area (Å²) in [5.41, 5.74) is 13.7. The molecule has 0 bridgehead atoms. The zero-order valence-electron chi connectivity index (χ0n) is 10.8. The molecule has 0 saturated heterocycles. The van der Waals surface area contributed by atoms with Gasteiger partial charge in [-0.3, -0.25) is 10.2 Å². The fourth-order valence-corrected chi connectivity index (χ4v) is 1.70. The van der Waals surface area contributed by atoms with Gasteiger partial charge in [-0.1, -0.05) is 30.3 Å². The molecule has 4 heteroatoms. The Kier molecular flexibility index (Phi) is 4.15. The highest BCUT2D eigenvalue weighted by atomic mass is 16.2. The van der Waals surface area contributed by atoms with E-state index >= 15 is 0 Å². The van der Waals surface area contributed by atoms with E-state index in [0.717, 1.165) is 11.3 Å². The summed E-state index contributed by atoms with van der Waals surface area (Å²) in [6.07, 6.45) is 0. The Labute approximate surface area is 112 Å². The second kappa shape index (κ2) is 6.02. The van der Waals surface area contributed by atoms with E-state index in [1.54, 1.807) is 12.1 Å². The van der Waals surface area contributed by atoms with Gasteiger partial charge < -0.3 is 5.73 Å². The number of anilines is 1. The lowest BCUT2D eigenvalue weighted by molar-refractivity contribution is 0.0926. The smallest absolute Gasteiger partial charge is 0.265 e. The average molecular weight is 255 g/mol. The van der Waals surface area contributed by atoms with E-state index in [9.17, 15) is 4.79 Å². The van der Waals surface area contributed by atoms with Gasteiger partial charge in [0.25, 0.3) is 5.91 Å². The van der Waals surface area contributed by atoms with E-state index in [4.69, 9.17) is 5.73 Å². The number of rotatable bonds is 4. The SMILES string of the molecule is C[C@H](NNC(=O)c1ccccc1)c1ccc(N)cc1. The maximum atomic E-state index is 11.8. The van der Waals surface area contributed by atoms with Crippen LogP contribution in [0, 0.1) is 0 Å². The van der Waals surface area contributed by atoms with Gasteiger partial charge in [0.05, 0.1) is 0 Å². The lowest BCUT2D eigenvalue weighted by atomic mass is 10.1. The van der Waals surface area contributed by atoms with Crippen molar-refractivity contribution >= 4 is 11.6 Å². The molecule has 0 unspecified atom stereocenters. The van der Waals surface area contributed by atoms with Crippen LogP contribution in [-0.2, 0) is 0 Å². The zero-order chi connectivity index (χ0) is 13.7. The van der Waals surface area contributed by atoms with Crippen LogP contribution in [0.25, 0.3) is 0 Å². The minimum Gasteiger partial charge on any atom is -0.399 e. The molecular weight excluding hydrogens is 238 g/mol. The van der Waals surface area contributed by atoms with Crippen molar-refractivity contribution in [3.63, 3.8) is 0 Å². The molecule has 0 spiro atoms. The standard InChI is InChI=1S/C15H17N3O/c1-11(12-7-9-14(16)10-8-12)17-18-15(19)13-5-3-2-4-6-13/h2-11,17H,16H2,1H3,(H,18,19)/t11-/m0/s1. The molecule has 1 atom stereocenters. The molecule has 2 aromatic carbocycles. The maximum Gasteiger partial charge on any atom is 0.265 e. The van der Waals surface area contributed by atoms with Gasteiger partial charge >= 0.3 is 0 Å². The van der Waals surface area contributed by atoms with E-state index in [-0.39, 0.29) is 11.9 Å². The van der Waals surface area contributed by atoms with Crippen molar-refractivity contribution in [3.8, 4) is 0 Å². The van der Waals surface area contributed by atoms with Gasteiger partial charge in [0.2, 0.25) is 0 Å². The minimum atomic E-state index is -0.150. The summed E-state index contributed by atoms with van der Waals surface area (Å²) in [5, 5.41) is 0. The van der Waals surface area contributed by atoms with E-state index in [1.807, 2.05) is 49.4 Å². The van der Waals surface area contributed by atoms with Gasteiger partial charge in [-0.25, -0.2) is 5.43 Å². The fraction of sp³-hybridized carbons (Fsp3) is 0.133. The summed E-state index contributed by atoms with van der Waals surface area (Å²) < 4.78 is 0. The van der Waals surface area contributed by atoms with Crippen LogP contribution < -0.4 is 16.6 Å². The predicted molar refractivity (Wildman–Crippen MR) is 76.3 cm³/mol. The lowest BCUT2D eigenvalue weighted by Crippen LogP contribution is -2.39. The van der Waals surface area contributed by atoms with E-state index in [1.165, 1.54) is 0 Å². The molecular formula is C15H17N3O. The number of benzene rings is 2. The lowest BCUT2D eigenvalue weighted by Gasteiger charge is -2.15. The summed E-state index contributed by atoms with van der Waals surface area (Å²) >= 11 is 0. The highest BCUT2D eigenvalue weighted by molar-refractivity contribution is 5.93. The maximum absolute atomic E-state index is 11.8. The molecule has 0 saturated carbocycles. The van der Waals surface area contributed by atoms with Crippen molar-refractivity contribution in [1.82, 2.24) is 10.9 Å². The van der Waals surface area contributed by atoms with E-state index in [0.29, 0.717) is 5.56 Å². The Hall–Kier alpha value is -2.33. The van der Waals surface area contributed by atoms with Gasteiger partial charge in [-0.2, -0.15) is 0 Å². The molecule has 4 N–H and O–H groups in total. The molecule has 0 aliphatic carbocycles. The van der Waals surface area contributed by atoms with Crippen LogP contribution in [0.3, 0.4) is 0 Å². The molecule has 4 nitrogen and oxygen atoms in total. The molecule has 98 valence electrons. The van der Waals surface area contributed by atoms with Gasteiger partial charge in [0.1, 0.15) is 0 Å². The Bertz CT molecular complexity index is 537. The topological polar surface area (TPSA) is 67.1 Å². The first-order valence-electron chi connectivity index (χ1n) is 6.13. The molecule has 1 amide bonds. The fourth-order valence-electron chi connectivity index (χ4n) is 1.70. The third-order valence-corrected chi connectivity index (χ3v) is 2.87. The number of nitrogen functional groups attached to an aromatic ring is 1. The molecule has 2 rings (SSSR count). The Morgan fingerprint density at radius 1 is 1.05 bits per heavy atom. The molecule has 0 aliphatic heterocycles. The van der Waals surface area contributed by atoms with Crippen molar-refractivity contribution in [1.29, 1.82) is 0 Å².